The maximum atomic E-state index is 12.4. The second-order valence-electron chi connectivity index (χ2n) is 5.73. The van der Waals surface area contributed by atoms with Gasteiger partial charge < -0.3 is 10.0 Å². The highest BCUT2D eigenvalue weighted by Gasteiger charge is 2.28. The van der Waals surface area contributed by atoms with Crippen LogP contribution in [-0.2, 0) is 11.2 Å². The molecule has 0 spiro atoms. The van der Waals surface area contributed by atoms with Gasteiger partial charge in [-0.2, -0.15) is 0 Å². The van der Waals surface area contributed by atoms with E-state index in [0.29, 0.717) is 25.1 Å². The summed E-state index contributed by atoms with van der Waals surface area (Å²) in [5.74, 6) is -1.28. The predicted molar refractivity (Wildman–Crippen MR) is 81.3 cm³/mol. The van der Waals surface area contributed by atoms with Crippen LogP contribution in [0.2, 0.25) is 0 Å². The lowest BCUT2D eigenvalue weighted by Crippen LogP contribution is -2.42. The van der Waals surface area contributed by atoms with Gasteiger partial charge in [0.05, 0.1) is 5.92 Å². The van der Waals surface area contributed by atoms with E-state index < -0.39 is 11.9 Å². The third kappa shape index (κ3) is 4.06. The van der Waals surface area contributed by atoms with Crippen molar-refractivity contribution in [2.24, 2.45) is 5.92 Å². The van der Waals surface area contributed by atoms with Gasteiger partial charge in [0.15, 0.2) is 0 Å². The Balaban J connectivity index is 2.00. The molecule has 1 amide bonds. The van der Waals surface area contributed by atoms with Gasteiger partial charge in [-0.3, -0.25) is 9.59 Å². The highest BCUT2D eigenvalue weighted by atomic mass is 16.4. The fourth-order valence-corrected chi connectivity index (χ4v) is 2.74. The largest absolute Gasteiger partial charge is 0.481 e. The summed E-state index contributed by atoms with van der Waals surface area (Å²) in [5, 5.41) is 9.09. The summed E-state index contributed by atoms with van der Waals surface area (Å²) < 4.78 is 0. The van der Waals surface area contributed by atoms with Crippen LogP contribution in [0.5, 0.6) is 0 Å². The van der Waals surface area contributed by atoms with Gasteiger partial charge in [0, 0.05) is 18.7 Å². The van der Waals surface area contributed by atoms with Gasteiger partial charge in [0.1, 0.15) is 0 Å². The Morgan fingerprint density at radius 2 is 2.00 bits per heavy atom. The number of rotatable bonds is 5. The maximum absolute atomic E-state index is 12.4. The molecule has 0 aliphatic carbocycles. The van der Waals surface area contributed by atoms with Gasteiger partial charge in [0.2, 0.25) is 0 Å². The zero-order valence-electron chi connectivity index (χ0n) is 12.5. The molecule has 1 aromatic carbocycles. The molecule has 0 saturated carbocycles. The number of unbranched alkanes of at least 4 members (excludes halogenated alkanes) is 1. The third-order valence-corrected chi connectivity index (χ3v) is 4.08. The standard InChI is InChI=1S/C17H23NO3/c1-2-3-5-13-7-9-14(10-8-13)16(19)18-11-4-6-15(12-18)17(20)21/h7-10,15H,2-6,11-12H2,1H3,(H,20,21). The number of carbonyl (C=O) groups is 2. The molecule has 0 radical (unpaired) electrons. The number of carboxylic acids is 1. The van der Waals surface area contributed by atoms with E-state index >= 15 is 0 Å². The van der Waals surface area contributed by atoms with Crippen LogP contribution in [0.25, 0.3) is 0 Å². The number of aliphatic carboxylic acids is 1. The molecule has 1 fully saturated rings. The minimum Gasteiger partial charge on any atom is -0.481 e. The minimum absolute atomic E-state index is 0.0528. The number of carbonyl (C=O) groups excluding carboxylic acids is 1. The van der Waals surface area contributed by atoms with Crippen molar-refractivity contribution in [1.29, 1.82) is 0 Å². The van der Waals surface area contributed by atoms with Crippen LogP contribution >= 0.6 is 0 Å². The van der Waals surface area contributed by atoms with Crippen molar-refractivity contribution in [3.05, 3.63) is 35.4 Å². The van der Waals surface area contributed by atoms with Crippen molar-refractivity contribution >= 4 is 11.9 Å². The first-order chi connectivity index (χ1) is 10.1. The lowest BCUT2D eigenvalue weighted by Gasteiger charge is -2.30. The van der Waals surface area contributed by atoms with E-state index in [-0.39, 0.29) is 5.91 Å². The summed E-state index contributed by atoms with van der Waals surface area (Å²) in [7, 11) is 0. The maximum Gasteiger partial charge on any atom is 0.308 e. The summed E-state index contributed by atoms with van der Waals surface area (Å²) in [5.41, 5.74) is 1.90. The first-order valence-electron chi connectivity index (χ1n) is 7.73. The molecular weight excluding hydrogens is 266 g/mol. The molecule has 1 aliphatic heterocycles. The van der Waals surface area contributed by atoms with Gasteiger partial charge >= 0.3 is 5.97 Å². The Morgan fingerprint density at radius 3 is 2.62 bits per heavy atom. The summed E-state index contributed by atoms with van der Waals surface area (Å²) in [6, 6.07) is 7.72. The van der Waals surface area contributed by atoms with Gasteiger partial charge in [-0.05, 0) is 43.4 Å². The lowest BCUT2D eigenvalue weighted by molar-refractivity contribution is -0.143. The van der Waals surface area contributed by atoms with Crippen molar-refractivity contribution in [3.63, 3.8) is 0 Å². The second kappa shape index (κ2) is 7.25. The number of amides is 1. The summed E-state index contributed by atoms with van der Waals surface area (Å²) >= 11 is 0. The topological polar surface area (TPSA) is 57.6 Å². The number of likely N-dealkylation sites (tertiary alicyclic amines) is 1. The van der Waals surface area contributed by atoms with Crippen molar-refractivity contribution in [2.75, 3.05) is 13.1 Å². The Morgan fingerprint density at radius 1 is 1.29 bits per heavy atom. The normalized spacial score (nSPS) is 18.5. The molecule has 0 aromatic heterocycles. The van der Waals surface area contributed by atoms with E-state index in [4.69, 9.17) is 5.11 Å². The molecule has 2 rings (SSSR count). The number of hydrogen-bond donors (Lipinski definition) is 1. The quantitative estimate of drug-likeness (QED) is 0.906. The van der Waals surface area contributed by atoms with Crippen LogP contribution in [0, 0.1) is 5.92 Å². The fraction of sp³-hybridized carbons (Fsp3) is 0.529. The number of carboxylic acid groups (broad SMARTS) is 1. The number of aryl methyl sites for hydroxylation is 1. The van der Waals surface area contributed by atoms with Crippen molar-refractivity contribution in [1.82, 2.24) is 4.90 Å². The molecule has 1 aromatic rings. The molecule has 1 aliphatic rings. The van der Waals surface area contributed by atoms with Gasteiger partial charge in [-0.25, -0.2) is 0 Å². The number of piperidine rings is 1. The Kier molecular flexibility index (Phi) is 5.37. The molecule has 4 heteroatoms. The SMILES string of the molecule is CCCCc1ccc(C(=O)N2CCCC(C(=O)O)C2)cc1. The Labute approximate surface area is 125 Å². The predicted octanol–water partition coefficient (Wildman–Crippen LogP) is 2.97. The first kappa shape index (κ1) is 15.5. The van der Waals surface area contributed by atoms with Gasteiger partial charge in [-0.1, -0.05) is 25.5 Å². The first-order valence-corrected chi connectivity index (χ1v) is 7.73. The number of hydrogen-bond acceptors (Lipinski definition) is 2. The van der Waals surface area contributed by atoms with Crippen molar-refractivity contribution in [3.8, 4) is 0 Å². The molecule has 1 N–H and O–H groups in total. The molecule has 0 bridgehead atoms. The Bertz CT molecular complexity index is 495. The highest BCUT2D eigenvalue weighted by molar-refractivity contribution is 5.94. The van der Waals surface area contributed by atoms with Crippen LogP contribution in [0.3, 0.4) is 0 Å². The summed E-state index contributed by atoms with van der Waals surface area (Å²) in [4.78, 5) is 25.2. The zero-order valence-corrected chi connectivity index (χ0v) is 12.5. The van der Waals surface area contributed by atoms with Crippen LogP contribution in [0.4, 0.5) is 0 Å². The van der Waals surface area contributed by atoms with E-state index in [1.807, 2.05) is 24.3 Å². The van der Waals surface area contributed by atoms with Crippen LogP contribution in [0.1, 0.15) is 48.5 Å². The smallest absolute Gasteiger partial charge is 0.308 e. The molecule has 21 heavy (non-hydrogen) atoms. The average molecular weight is 289 g/mol. The molecule has 1 atom stereocenters. The number of nitrogens with zero attached hydrogens (tertiary/aromatic N) is 1. The fourth-order valence-electron chi connectivity index (χ4n) is 2.74. The van der Waals surface area contributed by atoms with Crippen LogP contribution in [-0.4, -0.2) is 35.0 Å². The molecular formula is C17H23NO3. The van der Waals surface area contributed by atoms with E-state index in [9.17, 15) is 9.59 Å². The third-order valence-electron chi connectivity index (χ3n) is 4.08. The summed E-state index contributed by atoms with van der Waals surface area (Å²) in [6.07, 6.45) is 4.77. The van der Waals surface area contributed by atoms with Crippen LogP contribution < -0.4 is 0 Å². The van der Waals surface area contributed by atoms with E-state index in [2.05, 4.69) is 6.92 Å². The number of benzene rings is 1. The van der Waals surface area contributed by atoms with Crippen molar-refractivity contribution in [2.45, 2.75) is 39.0 Å². The lowest BCUT2D eigenvalue weighted by atomic mass is 9.97. The second-order valence-corrected chi connectivity index (χ2v) is 5.73. The van der Waals surface area contributed by atoms with E-state index in [0.717, 1.165) is 25.7 Å². The van der Waals surface area contributed by atoms with Crippen molar-refractivity contribution < 1.29 is 14.7 Å². The molecule has 114 valence electrons. The van der Waals surface area contributed by atoms with Gasteiger partial charge in [-0.15, -0.1) is 0 Å². The molecule has 1 heterocycles. The van der Waals surface area contributed by atoms with Gasteiger partial charge in [0.25, 0.3) is 5.91 Å². The van der Waals surface area contributed by atoms with E-state index in [1.165, 1.54) is 5.56 Å². The minimum atomic E-state index is -0.803. The average Bonchev–Trinajstić information content (AvgIpc) is 2.53. The Hall–Kier alpha value is -1.84. The van der Waals surface area contributed by atoms with Crippen LogP contribution in [0.15, 0.2) is 24.3 Å². The zero-order chi connectivity index (χ0) is 15.2. The molecule has 1 saturated heterocycles. The highest BCUT2D eigenvalue weighted by Crippen LogP contribution is 2.19. The molecule has 1 unspecified atom stereocenters. The monoisotopic (exact) mass is 289 g/mol. The van der Waals surface area contributed by atoms with E-state index in [1.54, 1.807) is 4.90 Å². The summed E-state index contributed by atoms with van der Waals surface area (Å²) in [6.45, 7) is 3.14. The molecule has 4 nitrogen and oxygen atoms in total.